The number of nitriles is 1. The summed E-state index contributed by atoms with van der Waals surface area (Å²) in [5.74, 6) is -0.0875. The van der Waals surface area contributed by atoms with Crippen LogP contribution in [0.5, 0.6) is 0 Å². The second-order valence-corrected chi connectivity index (χ2v) is 5.19. The molecule has 0 saturated heterocycles. The van der Waals surface area contributed by atoms with E-state index < -0.39 is 0 Å². The Labute approximate surface area is 134 Å². The number of carbonyl (C=O) groups is 1. The lowest BCUT2D eigenvalue weighted by Gasteiger charge is -2.20. The predicted molar refractivity (Wildman–Crippen MR) is 86.8 cm³/mol. The average Bonchev–Trinajstić information content (AvgIpc) is 3.02. The minimum Gasteiger partial charge on any atom is -0.333 e. The first kappa shape index (κ1) is 14.8. The van der Waals surface area contributed by atoms with E-state index in [1.807, 2.05) is 35.7 Å². The SMILES string of the molecule is CCN(Cc1cnc2ccccn12)C(=O)c1cccc(C#N)c1. The summed E-state index contributed by atoms with van der Waals surface area (Å²) < 4.78 is 1.97. The average molecular weight is 304 g/mol. The summed E-state index contributed by atoms with van der Waals surface area (Å²) in [7, 11) is 0. The highest BCUT2D eigenvalue weighted by Gasteiger charge is 2.16. The molecule has 0 spiro atoms. The van der Waals surface area contributed by atoms with Gasteiger partial charge in [0.25, 0.3) is 5.91 Å². The quantitative estimate of drug-likeness (QED) is 0.744. The third kappa shape index (κ3) is 2.92. The van der Waals surface area contributed by atoms with Gasteiger partial charge in [0.05, 0.1) is 30.1 Å². The second-order valence-electron chi connectivity index (χ2n) is 5.19. The Morgan fingerprint density at radius 1 is 1.30 bits per heavy atom. The fraction of sp³-hybridized carbons (Fsp3) is 0.167. The molecule has 0 N–H and O–H groups in total. The van der Waals surface area contributed by atoms with Crippen molar-refractivity contribution in [1.29, 1.82) is 5.26 Å². The summed E-state index contributed by atoms with van der Waals surface area (Å²) in [5, 5.41) is 8.98. The van der Waals surface area contributed by atoms with Crippen molar-refractivity contribution in [3.8, 4) is 6.07 Å². The molecule has 2 heterocycles. The van der Waals surface area contributed by atoms with Crippen LogP contribution in [0.3, 0.4) is 0 Å². The van der Waals surface area contributed by atoms with E-state index >= 15 is 0 Å². The fourth-order valence-electron chi connectivity index (χ4n) is 2.53. The molecule has 0 saturated carbocycles. The van der Waals surface area contributed by atoms with E-state index in [1.54, 1.807) is 35.4 Å². The lowest BCUT2D eigenvalue weighted by molar-refractivity contribution is 0.0750. The summed E-state index contributed by atoms with van der Waals surface area (Å²) in [5.41, 5.74) is 2.83. The number of fused-ring (bicyclic) bond motifs is 1. The number of amides is 1. The number of carbonyl (C=O) groups excluding carboxylic acids is 1. The molecule has 0 fully saturated rings. The molecule has 5 heteroatoms. The van der Waals surface area contributed by atoms with Gasteiger partial charge in [-0.25, -0.2) is 4.98 Å². The van der Waals surface area contributed by atoms with Gasteiger partial charge in [0.15, 0.2) is 0 Å². The molecule has 0 bridgehead atoms. The molecule has 2 aromatic heterocycles. The molecular weight excluding hydrogens is 288 g/mol. The Morgan fingerprint density at radius 2 is 2.17 bits per heavy atom. The topological polar surface area (TPSA) is 61.4 Å². The van der Waals surface area contributed by atoms with Gasteiger partial charge in [0.1, 0.15) is 5.65 Å². The van der Waals surface area contributed by atoms with Gasteiger partial charge in [-0.15, -0.1) is 0 Å². The van der Waals surface area contributed by atoms with Gasteiger partial charge in [0, 0.05) is 18.3 Å². The first-order chi connectivity index (χ1) is 11.2. The van der Waals surface area contributed by atoms with Crippen molar-refractivity contribution in [2.24, 2.45) is 0 Å². The highest BCUT2D eigenvalue weighted by molar-refractivity contribution is 5.94. The molecule has 0 aliphatic heterocycles. The first-order valence-electron chi connectivity index (χ1n) is 7.43. The molecule has 0 radical (unpaired) electrons. The lowest BCUT2D eigenvalue weighted by atomic mass is 10.1. The molecule has 3 aromatic rings. The van der Waals surface area contributed by atoms with Gasteiger partial charge in [0.2, 0.25) is 0 Å². The lowest BCUT2D eigenvalue weighted by Crippen LogP contribution is -2.30. The predicted octanol–water partition coefficient (Wildman–Crippen LogP) is 2.87. The van der Waals surface area contributed by atoms with Crippen LogP contribution in [0, 0.1) is 11.3 Å². The normalized spacial score (nSPS) is 10.4. The van der Waals surface area contributed by atoms with Crippen molar-refractivity contribution in [2.45, 2.75) is 13.5 Å². The van der Waals surface area contributed by atoms with Crippen molar-refractivity contribution in [2.75, 3.05) is 6.54 Å². The molecule has 23 heavy (non-hydrogen) atoms. The molecule has 0 unspecified atom stereocenters. The molecule has 0 aliphatic carbocycles. The third-order valence-electron chi connectivity index (χ3n) is 3.75. The molecule has 0 aliphatic rings. The van der Waals surface area contributed by atoms with Gasteiger partial charge in [-0.05, 0) is 37.3 Å². The highest BCUT2D eigenvalue weighted by Crippen LogP contribution is 2.13. The maximum Gasteiger partial charge on any atom is 0.254 e. The van der Waals surface area contributed by atoms with E-state index in [1.165, 1.54) is 0 Å². The molecule has 114 valence electrons. The monoisotopic (exact) mass is 304 g/mol. The third-order valence-corrected chi connectivity index (χ3v) is 3.75. The Kier molecular flexibility index (Phi) is 4.07. The van der Waals surface area contributed by atoms with Gasteiger partial charge in [-0.3, -0.25) is 4.79 Å². The molecule has 0 atom stereocenters. The minimum atomic E-state index is -0.0875. The molecular formula is C18H16N4O. The smallest absolute Gasteiger partial charge is 0.254 e. The summed E-state index contributed by atoms with van der Waals surface area (Å²) in [6.07, 6.45) is 3.73. The summed E-state index contributed by atoms with van der Waals surface area (Å²) in [6, 6.07) is 14.6. The number of rotatable bonds is 4. The van der Waals surface area contributed by atoms with Gasteiger partial charge >= 0.3 is 0 Å². The van der Waals surface area contributed by atoms with E-state index in [9.17, 15) is 4.79 Å². The highest BCUT2D eigenvalue weighted by atomic mass is 16.2. The van der Waals surface area contributed by atoms with Crippen LogP contribution in [0.15, 0.2) is 54.9 Å². The zero-order valence-electron chi connectivity index (χ0n) is 12.8. The van der Waals surface area contributed by atoms with E-state index in [0.29, 0.717) is 24.2 Å². The Bertz CT molecular complexity index is 891. The summed E-state index contributed by atoms with van der Waals surface area (Å²) >= 11 is 0. The minimum absolute atomic E-state index is 0.0875. The maximum atomic E-state index is 12.7. The Morgan fingerprint density at radius 3 is 2.96 bits per heavy atom. The van der Waals surface area contributed by atoms with Crippen LogP contribution in [0.2, 0.25) is 0 Å². The number of imidazole rings is 1. The summed E-state index contributed by atoms with van der Waals surface area (Å²) in [4.78, 5) is 18.8. The van der Waals surface area contributed by atoms with Crippen LogP contribution < -0.4 is 0 Å². The fourth-order valence-corrected chi connectivity index (χ4v) is 2.53. The van der Waals surface area contributed by atoms with Crippen molar-refractivity contribution in [3.05, 3.63) is 71.7 Å². The number of hydrogen-bond donors (Lipinski definition) is 0. The summed E-state index contributed by atoms with van der Waals surface area (Å²) in [6.45, 7) is 2.99. The standard InChI is InChI=1S/C18H16N4O/c1-2-21(18(23)15-7-5-6-14(10-15)11-19)13-16-12-20-17-8-3-4-9-22(16)17/h3-10,12H,2,13H2,1H3. The molecule has 1 amide bonds. The molecule has 5 nitrogen and oxygen atoms in total. The Hall–Kier alpha value is -3.13. The van der Waals surface area contributed by atoms with Crippen LogP contribution in [0.4, 0.5) is 0 Å². The van der Waals surface area contributed by atoms with Gasteiger partial charge in [-0.2, -0.15) is 5.26 Å². The number of hydrogen-bond acceptors (Lipinski definition) is 3. The first-order valence-corrected chi connectivity index (χ1v) is 7.43. The molecule has 1 aromatic carbocycles. The van der Waals surface area contributed by atoms with E-state index in [4.69, 9.17) is 5.26 Å². The van der Waals surface area contributed by atoms with Crippen LogP contribution in [-0.4, -0.2) is 26.7 Å². The number of nitrogens with zero attached hydrogens (tertiary/aromatic N) is 4. The zero-order chi connectivity index (χ0) is 16.2. The maximum absolute atomic E-state index is 12.7. The number of aromatic nitrogens is 2. The van der Waals surface area contributed by atoms with Crippen molar-refractivity contribution >= 4 is 11.6 Å². The number of benzene rings is 1. The van der Waals surface area contributed by atoms with E-state index in [-0.39, 0.29) is 5.91 Å². The largest absolute Gasteiger partial charge is 0.333 e. The van der Waals surface area contributed by atoms with Crippen LogP contribution >= 0.6 is 0 Å². The van der Waals surface area contributed by atoms with Crippen molar-refractivity contribution in [3.63, 3.8) is 0 Å². The second kappa shape index (κ2) is 6.32. The van der Waals surface area contributed by atoms with Crippen LogP contribution in [0.25, 0.3) is 5.65 Å². The van der Waals surface area contributed by atoms with Crippen molar-refractivity contribution < 1.29 is 4.79 Å². The Balaban J connectivity index is 1.87. The van der Waals surface area contributed by atoms with Crippen LogP contribution in [0.1, 0.15) is 28.5 Å². The molecule has 3 rings (SSSR count). The van der Waals surface area contributed by atoms with Crippen molar-refractivity contribution in [1.82, 2.24) is 14.3 Å². The van der Waals surface area contributed by atoms with Gasteiger partial charge in [-0.1, -0.05) is 12.1 Å². The van der Waals surface area contributed by atoms with E-state index in [2.05, 4.69) is 11.1 Å². The van der Waals surface area contributed by atoms with Gasteiger partial charge < -0.3 is 9.30 Å². The zero-order valence-corrected chi connectivity index (χ0v) is 12.8. The number of pyridine rings is 1. The van der Waals surface area contributed by atoms with E-state index in [0.717, 1.165) is 11.3 Å². The van der Waals surface area contributed by atoms with Crippen LogP contribution in [-0.2, 0) is 6.54 Å².